The van der Waals surface area contributed by atoms with E-state index in [9.17, 15) is 21.6 Å². The van der Waals surface area contributed by atoms with Crippen molar-refractivity contribution in [3.8, 4) is 0 Å². The average Bonchev–Trinajstić information content (AvgIpc) is 2.04. The highest BCUT2D eigenvalue weighted by molar-refractivity contribution is 7.89. The van der Waals surface area contributed by atoms with Gasteiger partial charge in [0.2, 0.25) is 0 Å². The van der Waals surface area contributed by atoms with Crippen molar-refractivity contribution in [1.29, 1.82) is 0 Å². The number of alkyl halides is 3. The van der Waals surface area contributed by atoms with Crippen molar-refractivity contribution in [3.05, 3.63) is 34.3 Å². The lowest BCUT2D eigenvalue weighted by Gasteiger charge is -2.09. The molecule has 1 rings (SSSR count). The molecule has 16 heavy (non-hydrogen) atoms. The van der Waals surface area contributed by atoms with Gasteiger partial charge in [0, 0.05) is 11.3 Å². The number of hydrogen-bond acceptors (Lipinski definition) is 2. The molecule has 0 saturated carbocycles. The molecule has 0 fully saturated rings. The summed E-state index contributed by atoms with van der Waals surface area (Å²) in [6.07, 6.45) is -3.57. The van der Waals surface area contributed by atoms with E-state index in [0.29, 0.717) is 0 Å². The van der Waals surface area contributed by atoms with Crippen LogP contribution in [0.3, 0.4) is 0 Å². The molecule has 0 spiro atoms. The maximum Gasteiger partial charge on any atom is 0.416 e. The zero-order valence-electron chi connectivity index (χ0n) is 8.18. The highest BCUT2D eigenvalue weighted by Gasteiger charge is 2.31. The summed E-state index contributed by atoms with van der Waals surface area (Å²) in [6, 6.07) is 2.61. The summed E-state index contributed by atoms with van der Waals surface area (Å²) in [5.74, 6) is -0.504. The zero-order valence-corrected chi connectivity index (χ0v) is 9.75. The zero-order chi connectivity index (χ0) is 12.6. The van der Waals surface area contributed by atoms with Crippen LogP contribution in [0.4, 0.5) is 13.2 Å². The van der Waals surface area contributed by atoms with Crippen LogP contribution in [-0.2, 0) is 21.8 Å². The Morgan fingerprint density at radius 1 is 1.31 bits per heavy atom. The summed E-state index contributed by atoms with van der Waals surface area (Å²) in [7, 11) is -3.41. The lowest BCUT2D eigenvalue weighted by Crippen LogP contribution is -2.07. The third-order valence-corrected chi connectivity index (χ3v) is 2.99. The molecule has 0 N–H and O–H groups in total. The van der Waals surface area contributed by atoms with Crippen LogP contribution in [0.25, 0.3) is 0 Å². The summed E-state index contributed by atoms with van der Waals surface area (Å²) >= 11 is 5.62. The second kappa shape index (κ2) is 4.25. The SMILES string of the molecule is CS(=O)(=O)Cc1cc(C(F)(F)F)ccc1Cl. The van der Waals surface area contributed by atoms with Gasteiger partial charge in [-0.3, -0.25) is 0 Å². The third-order valence-electron chi connectivity index (χ3n) is 1.79. The van der Waals surface area contributed by atoms with Gasteiger partial charge in [0.05, 0.1) is 11.3 Å². The highest BCUT2D eigenvalue weighted by Crippen LogP contribution is 2.32. The smallest absolute Gasteiger partial charge is 0.229 e. The van der Waals surface area contributed by atoms with Gasteiger partial charge in [-0.1, -0.05) is 11.6 Å². The summed E-state index contributed by atoms with van der Waals surface area (Å²) in [5.41, 5.74) is -0.949. The van der Waals surface area contributed by atoms with Crippen molar-refractivity contribution in [2.24, 2.45) is 0 Å². The Hall–Kier alpha value is -0.750. The minimum absolute atomic E-state index is 0.0124. The van der Waals surface area contributed by atoms with E-state index in [1.54, 1.807) is 0 Å². The number of sulfone groups is 1. The predicted molar refractivity (Wildman–Crippen MR) is 55.0 cm³/mol. The van der Waals surface area contributed by atoms with E-state index in [1.807, 2.05) is 0 Å². The first kappa shape index (κ1) is 13.3. The van der Waals surface area contributed by atoms with E-state index in [0.717, 1.165) is 24.5 Å². The quantitative estimate of drug-likeness (QED) is 0.830. The maximum atomic E-state index is 12.3. The van der Waals surface area contributed by atoms with Crippen molar-refractivity contribution in [2.75, 3.05) is 6.26 Å². The summed E-state index contributed by atoms with van der Waals surface area (Å²) in [6.45, 7) is 0. The van der Waals surface area contributed by atoms with Crippen LogP contribution in [0.15, 0.2) is 18.2 Å². The number of halogens is 4. The normalized spacial score (nSPS) is 12.8. The molecule has 0 amide bonds. The minimum atomic E-state index is -4.50. The molecule has 0 aliphatic rings. The van der Waals surface area contributed by atoms with Crippen LogP contribution in [0.5, 0.6) is 0 Å². The second-order valence-electron chi connectivity index (χ2n) is 3.37. The number of benzene rings is 1. The minimum Gasteiger partial charge on any atom is -0.229 e. The topological polar surface area (TPSA) is 34.1 Å². The summed E-state index contributed by atoms with van der Waals surface area (Å²) < 4.78 is 59.0. The van der Waals surface area contributed by atoms with Gasteiger partial charge in [-0.2, -0.15) is 13.2 Å². The van der Waals surface area contributed by atoms with Gasteiger partial charge >= 0.3 is 6.18 Å². The molecule has 7 heteroatoms. The molecule has 0 atom stereocenters. The molecule has 1 aromatic rings. The van der Waals surface area contributed by atoms with Crippen LogP contribution < -0.4 is 0 Å². The van der Waals surface area contributed by atoms with Crippen molar-refractivity contribution in [3.63, 3.8) is 0 Å². The number of hydrogen-bond donors (Lipinski definition) is 0. The van der Waals surface area contributed by atoms with Gasteiger partial charge in [-0.05, 0) is 23.8 Å². The van der Waals surface area contributed by atoms with E-state index >= 15 is 0 Å². The van der Waals surface area contributed by atoms with Crippen molar-refractivity contribution in [1.82, 2.24) is 0 Å². The Kier molecular flexibility index (Phi) is 3.54. The Labute approximate surface area is 96.0 Å². The van der Waals surface area contributed by atoms with Crippen LogP contribution in [0.2, 0.25) is 5.02 Å². The van der Waals surface area contributed by atoms with Crippen LogP contribution in [-0.4, -0.2) is 14.7 Å². The fraction of sp³-hybridized carbons (Fsp3) is 0.333. The molecule has 1 aromatic carbocycles. The van der Waals surface area contributed by atoms with Crippen molar-refractivity contribution >= 4 is 21.4 Å². The van der Waals surface area contributed by atoms with Gasteiger partial charge in [0.15, 0.2) is 9.84 Å². The molecule has 0 saturated heterocycles. The maximum absolute atomic E-state index is 12.3. The summed E-state index contributed by atoms with van der Waals surface area (Å²) in [5, 5.41) is 0.0124. The molecular formula is C9H8ClF3O2S. The third kappa shape index (κ3) is 3.68. The van der Waals surface area contributed by atoms with Gasteiger partial charge in [0.25, 0.3) is 0 Å². The standard InChI is InChI=1S/C9H8ClF3O2S/c1-16(14,15)5-6-4-7(9(11,12)13)2-3-8(6)10/h2-4H,5H2,1H3. The number of rotatable bonds is 2. The van der Waals surface area contributed by atoms with E-state index in [-0.39, 0.29) is 10.6 Å². The molecule has 0 unspecified atom stereocenters. The van der Waals surface area contributed by atoms with E-state index in [1.165, 1.54) is 0 Å². The molecular weight excluding hydrogens is 265 g/mol. The molecule has 0 heterocycles. The average molecular weight is 273 g/mol. The predicted octanol–water partition coefficient (Wildman–Crippen LogP) is 2.90. The highest BCUT2D eigenvalue weighted by atomic mass is 35.5. The van der Waals surface area contributed by atoms with Gasteiger partial charge in [0.1, 0.15) is 0 Å². The first-order valence-electron chi connectivity index (χ1n) is 4.13. The van der Waals surface area contributed by atoms with Crippen LogP contribution in [0.1, 0.15) is 11.1 Å². The van der Waals surface area contributed by atoms with Gasteiger partial charge < -0.3 is 0 Å². The fourth-order valence-electron chi connectivity index (χ4n) is 1.14. The largest absolute Gasteiger partial charge is 0.416 e. The lowest BCUT2D eigenvalue weighted by molar-refractivity contribution is -0.137. The first-order chi connectivity index (χ1) is 7.09. The van der Waals surface area contributed by atoms with Crippen LogP contribution >= 0.6 is 11.6 Å². The van der Waals surface area contributed by atoms with Crippen molar-refractivity contribution in [2.45, 2.75) is 11.9 Å². The molecule has 0 aliphatic heterocycles. The van der Waals surface area contributed by atoms with Crippen molar-refractivity contribution < 1.29 is 21.6 Å². The van der Waals surface area contributed by atoms with Gasteiger partial charge in [-0.25, -0.2) is 8.42 Å². The Balaban J connectivity index is 3.20. The molecule has 0 bridgehead atoms. The summed E-state index contributed by atoms with van der Waals surface area (Å²) in [4.78, 5) is 0. The Bertz CT molecular complexity index is 494. The van der Waals surface area contributed by atoms with E-state index < -0.39 is 27.3 Å². The Morgan fingerprint density at radius 2 is 1.88 bits per heavy atom. The second-order valence-corrected chi connectivity index (χ2v) is 5.92. The van der Waals surface area contributed by atoms with E-state index in [2.05, 4.69) is 0 Å². The monoisotopic (exact) mass is 272 g/mol. The molecule has 90 valence electrons. The first-order valence-corrected chi connectivity index (χ1v) is 6.57. The molecule has 0 aliphatic carbocycles. The van der Waals surface area contributed by atoms with Gasteiger partial charge in [-0.15, -0.1) is 0 Å². The van der Waals surface area contributed by atoms with E-state index in [4.69, 9.17) is 11.6 Å². The fourth-order valence-corrected chi connectivity index (χ4v) is 2.21. The van der Waals surface area contributed by atoms with Crippen LogP contribution in [0, 0.1) is 0 Å². The lowest BCUT2D eigenvalue weighted by atomic mass is 10.1. The molecule has 0 radical (unpaired) electrons. The molecule has 2 nitrogen and oxygen atoms in total. The Morgan fingerprint density at radius 3 is 2.31 bits per heavy atom. The molecule has 0 aromatic heterocycles.